The molecule has 0 aromatic heterocycles. The molecular formula is C12H18N2O. The number of nitrogens with one attached hydrogen (secondary N) is 1. The van der Waals surface area contributed by atoms with Gasteiger partial charge in [-0.2, -0.15) is 0 Å². The third kappa shape index (κ3) is 2.13. The van der Waals surface area contributed by atoms with E-state index in [1.807, 2.05) is 12.1 Å². The predicted molar refractivity (Wildman–Crippen MR) is 60.4 cm³/mol. The lowest BCUT2D eigenvalue weighted by atomic mass is 9.77. The Labute approximate surface area is 90.6 Å². The van der Waals surface area contributed by atoms with Gasteiger partial charge in [-0.25, -0.2) is 0 Å². The maximum Gasteiger partial charge on any atom is 0.119 e. The fourth-order valence-electron chi connectivity index (χ4n) is 2.11. The van der Waals surface area contributed by atoms with Crippen molar-refractivity contribution < 1.29 is 4.74 Å². The van der Waals surface area contributed by atoms with Gasteiger partial charge in [-0.3, -0.25) is 11.3 Å². The third-order valence-corrected chi connectivity index (χ3v) is 3.25. The van der Waals surface area contributed by atoms with Crippen molar-refractivity contribution in [1.29, 1.82) is 0 Å². The summed E-state index contributed by atoms with van der Waals surface area (Å²) in [5.74, 6) is 7.19. The number of hydrogen-bond donors (Lipinski definition) is 2. The van der Waals surface area contributed by atoms with Crippen LogP contribution in [0.3, 0.4) is 0 Å². The van der Waals surface area contributed by atoms with Crippen LogP contribution in [-0.4, -0.2) is 7.11 Å². The van der Waals surface area contributed by atoms with Crippen LogP contribution in [0.1, 0.15) is 30.9 Å². The lowest BCUT2D eigenvalue weighted by Gasteiger charge is -2.33. The fraction of sp³-hybridized carbons (Fsp3) is 0.500. The summed E-state index contributed by atoms with van der Waals surface area (Å²) in [7, 11) is 1.69. The summed E-state index contributed by atoms with van der Waals surface area (Å²) >= 11 is 0. The number of benzene rings is 1. The summed E-state index contributed by atoms with van der Waals surface area (Å²) in [6, 6.07) is 8.40. The van der Waals surface area contributed by atoms with Gasteiger partial charge in [-0.05, 0) is 36.5 Å². The summed E-state index contributed by atoms with van der Waals surface area (Å²) in [5.41, 5.74) is 4.14. The maximum atomic E-state index is 5.62. The molecule has 3 heteroatoms. The molecule has 15 heavy (non-hydrogen) atoms. The number of ether oxygens (including phenoxy) is 1. The molecule has 0 bridgehead atoms. The van der Waals surface area contributed by atoms with Crippen molar-refractivity contribution in [2.45, 2.75) is 25.3 Å². The third-order valence-electron chi connectivity index (χ3n) is 3.25. The summed E-state index contributed by atoms with van der Waals surface area (Å²) in [6.45, 7) is 0. The molecule has 2 rings (SSSR count). The minimum absolute atomic E-state index is 0.272. The van der Waals surface area contributed by atoms with E-state index in [1.54, 1.807) is 7.11 Å². The highest BCUT2D eigenvalue weighted by Gasteiger charge is 2.27. The van der Waals surface area contributed by atoms with E-state index in [9.17, 15) is 0 Å². The standard InChI is InChI=1S/C12H18N2O/c1-15-11-7-3-6-10(8-11)12(14-13)9-4-2-5-9/h3,6-9,12,14H,2,4-5,13H2,1H3. The van der Waals surface area contributed by atoms with Gasteiger partial charge in [0.1, 0.15) is 5.75 Å². The molecule has 0 heterocycles. The van der Waals surface area contributed by atoms with Gasteiger partial charge in [0.15, 0.2) is 0 Å². The van der Waals surface area contributed by atoms with Gasteiger partial charge in [0, 0.05) is 6.04 Å². The minimum atomic E-state index is 0.272. The van der Waals surface area contributed by atoms with Gasteiger partial charge in [-0.15, -0.1) is 0 Å². The van der Waals surface area contributed by atoms with Gasteiger partial charge < -0.3 is 4.74 Å². The van der Waals surface area contributed by atoms with E-state index in [4.69, 9.17) is 10.6 Å². The molecule has 1 unspecified atom stereocenters. The number of rotatable bonds is 4. The second-order valence-corrected chi connectivity index (χ2v) is 4.11. The Balaban J connectivity index is 2.17. The van der Waals surface area contributed by atoms with Gasteiger partial charge in [0.2, 0.25) is 0 Å². The van der Waals surface area contributed by atoms with Crippen LogP contribution in [0.15, 0.2) is 24.3 Å². The summed E-state index contributed by atoms with van der Waals surface area (Å²) in [4.78, 5) is 0. The summed E-state index contributed by atoms with van der Waals surface area (Å²) < 4.78 is 5.21. The molecule has 1 aliphatic rings. The SMILES string of the molecule is COc1cccc(C(NN)C2CCC2)c1. The molecule has 1 saturated carbocycles. The molecular weight excluding hydrogens is 188 g/mol. The van der Waals surface area contributed by atoms with Crippen LogP contribution in [-0.2, 0) is 0 Å². The van der Waals surface area contributed by atoms with Crippen molar-refractivity contribution >= 4 is 0 Å². The van der Waals surface area contributed by atoms with Crippen LogP contribution in [0.25, 0.3) is 0 Å². The molecule has 3 nitrogen and oxygen atoms in total. The minimum Gasteiger partial charge on any atom is -0.497 e. The summed E-state index contributed by atoms with van der Waals surface area (Å²) in [6.07, 6.45) is 3.87. The average Bonchev–Trinajstić information content (AvgIpc) is 2.23. The van der Waals surface area contributed by atoms with E-state index in [-0.39, 0.29) is 6.04 Å². The van der Waals surface area contributed by atoms with E-state index in [2.05, 4.69) is 17.6 Å². The first kappa shape index (κ1) is 10.5. The van der Waals surface area contributed by atoms with Crippen LogP contribution < -0.4 is 16.0 Å². The number of nitrogens with two attached hydrogens (primary N) is 1. The van der Waals surface area contributed by atoms with E-state index in [0.29, 0.717) is 5.92 Å². The predicted octanol–water partition coefficient (Wildman–Crippen LogP) is 2.00. The van der Waals surface area contributed by atoms with Crippen LogP contribution in [0.2, 0.25) is 0 Å². The second kappa shape index (κ2) is 4.64. The Bertz CT molecular complexity index is 323. The molecule has 82 valence electrons. The van der Waals surface area contributed by atoms with E-state index in [0.717, 1.165) is 5.75 Å². The highest BCUT2D eigenvalue weighted by atomic mass is 16.5. The second-order valence-electron chi connectivity index (χ2n) is 4.11. The van der Waals surface area contributed by atoms with Crippen LogP contribution in [0, 0.1) is 5.92 Å². The number of hydrazine groups is 1. The van der Waals surface area contributed by atoms with E-state index < -0.39 is 0 Å². The molecule has 1 aliphatic carbocycles. The zero-order valence-corrected chi connectivity index (χ0v) is 9.07. The molecule has 1 fully saturated rings. The molecule has 0 aliphatic heterocycles. The van der Waals surface area contributed by atoms with Crippen molar-refractivity contribution in [3.8, 4) is 5.75 Å². The van der Waals surface area contributed by atoms with Crippen LogP contribution >= 0.6 is 0 Å². The fourth-order valence-corrected chi connectivity index (χ4v) is 2.11. The highest BCUT2D eigenvalue weighted by Crippen LogP contribution is 2.37. The van der Waals surface area contributed by atoms with Crippen molar-refractivity contribution in [2.24, 2.45) is 11.8 Å². The first-order valence-electron chi connectivity index (χ1n) is 5.45. The number of methoxy groups -OCH3 is 1. The zero-order valence-electron chi connectivity index (χ0n) is 9.07. The number of hydrogen-bond acceptors (Lipinski definition) is 3. The molecule has 0 spiro atoms. The Hall–Kier alpha value is -1.06. The Morgan fingerprint density at radius 3 is 2.80 bits per heavy atom. The lowest BCUT2D eigenvalue weighted by Crippen LogP contribution is -2.36. The monoisotopic (exact) mass is 206 g/mol. The molecule has 1 aromatic rings. The van der Waals surface area contributed by atoms with Gasteiger partial charge >= 0.3 is 0 Å². The Morgan fingerprint density at radius 2 is 2.27 bits per heavy atom. The maximum absolute atomic E-state index is 5.62. The molecule has 0 saturated heterocycles. The van der Waals surface area contributed by atoms with Crippen molar-refractivity contribution in [2.75, 3.05) is 7.11 Å². The first-order chi connectivity index (χ1) is 7.35. The van der Waals surface area contributed by atoms with Crippen molar-refractivity contribution in [1.82, 2.24) is 5.43 Å². The topological polar surface area (TPSA) is 47.3 Å². The lowest BCUT2D eigenvalue weighted by molar-refractivity contribution is 0.232. The molecule has 3 N–H and O–H groups in total. The molecule has 0 radical (unpaired) electrons. The van der Waals surface area contributed by atoms with Gasteiger partial charge in [-0.1, -0.05) is 18.6 Å². The molecule has 0 amide bonds. The zero-order chi connectivity index (χ0) is 10.7. The Morgan fingerprint density at radius 1 is 1.47 bits per heavy atom. The van der Waals surface area contributed by atoms with Crippen LogP contribution in [0.5, 0.6) is 5.75 Å². The van der Waals surface area contributed by atoms with Gasteiger partial charge in [0.25, 0.3) is 0 Å². The molecule has 1 aromatic carbocycles. The molecule has 1 atom stereocenters. The van der Waals surface area contributed by atoms with E-state index in [1.165, 1.54) is 24.8 Å². The normalized spacial score (nSPS) is 18.3. The van der Waals surface area contributed by atoms with Crippen LogP contribution in [0.4, 0.5) is 0 Å². The average molecular weight is 206 g/mol. The highest BCUT2D eigenvalue weighted by molar-refractivity contribution is 5.31. The van der Waals surface area contributed by atoms with Crippen molar-refractivity contribution in [3.63, 3.8) is 0 Å². The van der Waals surface area contributed by atoms with Gasteiger partial charge in [0.05, 0.1) is 7.11 Å². The quantitative estimate of drug-likeness (QED) is 0.585. The Kier molecular flexibility index (Phi) is 3.23. The smallest absolute Gasteiger partial charge is 0.119 e. The first-order valence-corrected chi connectivity index (χ1v) is 5.45. The van der Waals surface area contributed by atoms with E-state index >= 15 is 0 Å². The summed E-state index contributed by atoms with van der Waals surface area (Å²) in [5, 5.41) is 0. The largest absolute Gasteiger partial charge is 0.497 e. The van der Waals surface area contributed by atoms with Crippen molar-refractivity contribution in [3.05, 3.63) is 29.8 Å².